The number of hydrogen-bond donors (Lipinski definition) is 8. The summed E-state index contributed by atoms with van der Waals surface area (Å²) in [6, 6.07) is 1.86. The Balaban J connectivity index is 2.59. The van der Waals surface area contributed by atoms with Gasteiger partial charge in [-0.3, -0.25) is 14.4 Å². The van der Waals surface area contributed by atoms with Gasteiger partial charge in [0.05, 0.1) is 17.8 Å². The van der Waals surface area contributed by atoms with Gasteiger partial charge >= 0.3 is 0 Å². The van der Waals surface area contributed by atoms with Crippen molar-refractivity contribution in [3.8, 4) is 11.5 Å². The number of hydrogen-bond acceptors (Lipinski definition) is 9. The molecule has 186 valence electrons. The summed E-state index contributed by atoms with van der Waals surface area (Å²) in [4.78, 5) is 38.0. The van der Waals surface area contributed by atoms with Crippen molar-refractivity contribution in [2.24, 2.45) is 11.5 Å². The van der Waals surface area contributed by atoms with E-state index in [0.29, 0.717) is 12.8 Å². The normalized spacial score (nSPS) is 14.6. The number of phenolic OH excluding ortho intramolecular Hbond substituents is 2. The van der Waals surface area contributed by atoms with E-state index in [-0.39, 0.29) is 31.7 Å². The summed E-state index contributed by atoms with van der Waals surface area (Å²) in [5.74, 6) is -2.50. The smallest absolute Gasteiger partial charge is 0.255 e. The Morgan fingerprint density at radius 3 is 2.03 bits per heavy atom. The molecule has 0 saturated heterocycles. The fourth-order valence-electron chi connectivity index (χ4n) is 2.85. The molecule has 0 radical (unpaired) electrons. The summed E-state index contributed by atoms with van der Waals surface area (Å²) in [7, 11) is 0. The predicted octanol–water partition coefficient (Wildman–Crippen LogP) is -2.03. The molecular formula is C21H35N5O7. The first kappa shape index (κ1) is 28.1. The fraction of sp³-hybridized carbons (Fsp3) is 0.571. The minimum atomic E-state index is -1.12. The lowest BCUT2D eigenvalue weighted by atomic mass is 10.1. The second-order valence-corrected chi connectivity index (χ2v) is 7.79. The molecule has 0 bridgehead atoms. The number of nitrogens with one attached hydrogen (secondary N) is 2. The molecule has 3 amide bonds. The Bertz CT molecular complexity index is 803. The molecule has 0 fully saturated rings. The van der Waals surface area contributed by atoms with E-state index in [4.69, 9.17) is 11.5 Å². The molecule has 0 saturated carbocycles. The van der Waals surface area contributed by atoms with E-state index in [1.165, 1.54) is 36.9 Å². The molecule has 0 aliphatic carbocycles. The quantitative estimate of drug-likeness (QED) is 0.118. The fourth-order valence-corrected chi connectivity index (χ4v) is 2.85. The van der Waals surface area contributed by atoms with E-state index in [1.54, 1.807) is 0 Å². The molecular weight excluding hydrogens is 434 g/mol. The van der Waals surface area contributed by atoms with Crippen LogP contribution in [0, 0.1) is 0 Å². The standard InChI is InChI=1S/C21H35N5O7/c1-12(27)16(22)20(32)25-9-5-11-26(21(33)17(23)13(2)28)10-4-8-24-19(31)14-6-3-7-15(29)18(14)30/h3,6-7,12-13,16-17,27-30H,4-5,8-11,22-23H2,1-2H3,(H,24,31)(H,25,32)/t12-,13-,16+,17+/m1/s1. The van der Waals surface area contributed by atoms with Gasteiger partial charge in [-0.05, 0) is 38.8 Å². The van der Waals surface area contributed by atoms with Crippen molar-refractivity contribution >= 4 is 17.7 Å². The van der Waals surface area contributed by atoms with Crippen molar-refractivity contribution in [3.63, 3.8) is 0 Å². The molecule has 0 aromatic heterocycles. The summed E-state index contributed by atoms with van der Waals surface area (Å²) >= 11 is 0. The number of carbonyl (C=O) groups is 3. The van der Waals surface area contributed by atoms with E-state index < -0.39 is 53.5 Å². The number of nitrogens with zero attached hydrogens (tertiary/aromatic N) is 1. The minimum absolute atomic E-state index is 0.0785. The Labute approximate surface area is 192 Å². The molecule has 0 aliphatic heterocycles. The van der Waals surface area contributed by atoms with Crippen LogP contribution in [0.15, 0.2) is 18.2 Å². The highest BCUT2D eigenvalue weighted by atomic mass is 16.3. The lowest BCUT2D eigenvalue weighted by Gasteiger charge is -2.27. The van der Waals surface area contributed by atoms with Crippen LogP contribution in [0.4, 0.5) is 0 Å². The predicted molar refractivity (Wildman–Crippen MR) is 120 cm³/mol. The van der Waals surface area contributed by atoms with Crippen molar-refractivity contribution in [2.75, 3.05) is 26.2 Å². The number of amides is 3. The van der Waals surface area contributed by atoms with E-state index in [0.717, 1.165) is 0 Å². The number of benzene rings is 1. The van der Waals surface area contributed by atoms with Gasteiger partial charge in [0.1, 0.15) is 12.1 Å². The zero-order valence-corrected chi connectivity index (χ0v) is 18.9. The monoisotopic (exact) mass is 469 g/mol. The van der Waals surface area contributed by atoms with Crippen LogP contribution in [-0.2, 0) is 9.59 Å². The molecule has 1 aromatic carbocycles. The summed E-state index contributed by atoms with van der Waals surface area (Å²) in [6.45, 7) is 3.63. The molecule has 4 atom stereocenters. The minimum Gasteiger partial charge on any atom is -0.504 e. The third kappa shape index (κ3) is 8.85. The van der Waals surface area contributed by atoms with Crippen LogP contribution < -0.4 is 22.1 Å². The van der Waals surface area contributed by atoms with Gasteiger partial charge in [-0.25, -0.2) is 0 Å². The number of para-hydroxylation sites is 1. The summed E-state index contributed by atoms with van der Waals surface area (Å²) in [5, 5.41) is 43.4. The summed E-state index contributed by atoms with van der Waals surface area (Å²) < 4.78 is 0. The van der Waals surface area contributed by atoms with Crippen LogP contribution in [-0.4, -0.2) is 93.5 Å². The van der Waals surface area contributed by atoms with Crippen LogP contribution in [0.25, 0.3) is 0 Å². The molecule has 0 aliphatic rings. The van der Waals surface area contributed by atoms with E-state index in [1.807, 2.05) is 0 Å². The SMILES string of the molecule is C[C@@H](O)[C@H](N)C(=O)NCCCN(CCCNC(=O)c1cccc(O)c1O)C(=O)[C@@H](N)[C@@H](C)O. The topological polar surface area (TPSA) is 211 Å². The van der Waals surface area contributed by atoms with Crippen LogP contribution >= 0.6 is 0 Å². The van der Waals surface area contributed by atoms with Crippen LogP contribution in [0.2, 0.25) is 0 Å². The zero-order valence-electron chi connectivity index (χ0n) is 18.9. The van der Waals surface area contributed by atoms with Crippen LogP contribution in [0.1, 0.15) is 37.0 Å². The lowest BCUT2D eigenvalue weighted by Crippen LogP contribution is -2.51. The van der Waals surface area contributed by atoms with Crippen LogP contribution in [0.5, 0.6) is 11.5 Å². The molecule has 1 aromatic rings. The van der Waals surface area contributed by atoms with Gasteiger partial charge in [0.2, 0.25) is 11.8 Å². The van der Waals surface area contributed by atoms with Crippen molar-refractivity contribution < 1.29 is 34.8 Å². The zero-order chi connectivity index (χ0) is 25.1. The average Bonchev–Trinajstić information content (AvgIpc) is 2.77. The van der Waals surface area contributed by atoms with Gasteiger partial charge < -0.3 is 47.4 Å². The number of rotatable bonds is 13. The maximum absolute atomic E-state index is 12.6. The van der Waals surface area contributed by atoms with E-state index in [9.17, 15) is 34.8 Å². The first-order valence-corrected chi connectivity index (χ1v) is 10.7. The number of aromatic hydroxyl groups is 2. The second kappa shape index (κ2) is 13.6. The molecule has 0 heterocycles. The van der Waals surface area contributed by atoms with Crippen molar-refractivity contribution in [1.82, 2.24) is 15.5 Å². The maximum Gasteiger partial charge on any atom is 0.255 e. The Kier molecular flexibility index (Phi) is 11.6. The van der Waals surface area contributed by atoms with Crippen molar-refractivity contribution in [1.29, 1.82) is 0 Å². The third-order valence-corrected chi connectivity index (χ3v) is 4.99. The molecule has 12 nitrogen and oxygen atoms in total. The number of carbonyl (C=O) groups excluding carboxylic acids is 3. The van der Waals surface area contributed by atoms with Crippen LogP contribution in [0.3, 0.4) is 0 Å². The highest BCUT2D eigenvalue weighted by Gasteiger charge is 2.25. The largest absolute Gasteiger partial charge is 0.504 e. The molecule has 0 unspecified atom stereocenters. The number of aliphatic hydroxyl groups is 2. The van der Waals surface area contributed by atoms with Crippen molar-refractivity contribution in [2.45, 2.75) is 51.0 Å². The van der Waals surface area contributed by atoms with E-state index >= 15 is 0 Å². The number of nitrogens with two attached hydrogens (primary N) is 2. The van der Waals surface area contributed by atoms with Gasteiger partial charge in [0.15, 0.2) is 11.5 Å². The van der Waals surface area contributed by atoms with Gasteiger partial charge in [-0.2, -0.15) is 0 Å². The number of phenols is 2. The maximum atomic E-state index is 12.6. The second-order valence-electron chi connectivity index (χ2n) is 7.79. The van der Waals surface area contributed by atoms with Gasteiger partial charge in [0.25, 0.3) is 5.91 Å². The first-order valence-electron chi connectivity index (χ1n) is 10.7. The van der Waals surface area contributed by atoms with Gasteiger partial charge in [0, 0.05) is 26.2 Å². The molecule has 12 heteroatoms. The van der Waals surface area contributed by atoms with E-state index in [2.05, 4.69) is 10.6 Å². The summed E-state index contributed by atoms with van der Waals surface area (Å²) in [5.41, 5.74) is 11.2. The van der Waals surface area contributed by atoms with Gasteiger partial charge in [-0.1, -0.05) is 6.07 Å². The third-order valence-electron chi connectivity index (χ3n) is 4.99. The Morgan fingerprint density at radius 1 is 0.939 bits per heavy atom. The molecule has 33 heavy (non-hydrogen) atoms. The number of aliphatic hydroxyl groups excluding tert-OH is 2. The summed E-state index contributed by atoms with van der Waals surface area (Å²) in [6.07, 6.45) is -1.33. The Hall–Kier alpha value is -2.93. The highest BCUT2D eigenvalue weighted by molar-refractivity contribution is 5.97. The van der Waals surface area contributed by atoms with Gasteiger partial charge in [-0.15, -0.1) is 0 Å². The molecule has 0 spiro atoms. The van der Waals surface area contributed by atoms with Crippen molar-refractivity contribution in [3.05, 3.63) is 23.8 Å². The highest BCUT2D eigenvalue weighted by Crippen LogP contribution is 2.27. The first-order chi connectivity index (χ1) is 15.5. The lowest BCUT2D eigenvalue weighted by molar-refractivity contribution is -0.135. The average molecular weight is 470 g/mol. The molecule has 1 rings (SSSR count). The molecule has 10 N–H and O–H groups in total. The Morgan fingerprint density at radius 2 is 1.48 bits per heavy atom.